The number of nitrogens with one attached hydrogen (secondary N) is 1. The summed E-state index contributed by atoms with van der Waals surface area (Å²) in [5.74, 6) is -3.44. The van der Waals surface area contributed by atoms with E-state index < -0.39 is 29.1 Å². The summed E-state index contributed by atoms with van der Waals surface area (Å²) in [7, 11) is 0. The molecule has 2 rings (SSSR count). The van der Waals surface area contributed by atoms with Crippen LogP contribution in [0.3, 0.4) is 0 Å². The Hall–Kier alpha value is -2.28. The number of carbonyl (C=O) groups is 2. The second kappa shape index (κ2) is 7.53. The number of anilines is 1. The van der Waals surface area contributed by atoms with Crippen molar-refractivity contribution < 1.29 is 23.1 Å². The summed E-state index contributed by atoms with van der Waals surface area (Å²) in [6.45, 7) is 5.55. The molecular weight excluding hydrogens is 336 g/mol. The van der Waals surface area contributed by atoms with Crippen LogP contribution in [0.1, 0.15) is 45.0 Å². The number of amides is 1. The van der Waals surface area contributed by atoms with Gasteiger partial charge >= 0.3 is 5.97 Å². The summed E-state index contributed by atoms with van der Waals surface area (Å²) in [5.41, 5.74) is 0.311. The second-order valence-corrected chi connectivity index (χ2v) is 6.19. The van der Waals surface area contributed by atoms with Crippen LogP contribution in [0.15, 0.2) is 18.2 Å². The van der Waals surface area contributed by atoms with Gasteiger partial charge in [-0.2, -0.15) is 0 Å². The molecule has 7 heteroatoms. The van der Waals surface area contributed by atoms with Crippen LogP contribution in [0.2, 0.25) is 0 Å². The Bertz CT molecular complexity index is 766. The van der Waals surface area contributed by atoms with Crippen molar-refractivity contribution in [1.82, 2.24) is 0 Å². The zero-order valence-electron chi connectivity index (χ0n) is 13.5. The average Bonchev–Trinajstić information content (AvgIpc) is 2.82. The Balaban J connectivity index is 2.43. The Kier molecular flexibility index (Phi) is 5.66. The smallest absolute Gasteiger partial charge is 0.341 e. The van der Waals surface area contributed by atoms with E-state index in [1.165, 1.54) is 17.4 Å². The maximum atomic E-state index is 13.7. The van der Waals surface area contributed by atoms with E-state index in [-0.39, 0.29) is 17.2 Å². The summed E-state index contributed by atoms with van der Waals surface area (Å²) in [5, 5.41) is 2.67. The minimum Gasteiger partial charge on any atom is -0.462 e. The molecular formula is C17H17F2NO3S. The number of halogens is 2. The molecule has 0 aliphatic heterocycles. The van der Waals surface area contributed by atoms with Crippen molar-refractivity contribution in [2.45, 2.75) is 27.2 Å². The average molecular weight is 353 g/mol. The van der Waals surface area contributed by atoms with Gasteiger partial charge in [-0.05, 0) is 38.0 Å². The van der Waals surface area contributed by atoms with Gasteiger partial charge in [0.25, 0.3) is 5.91 Å². The molecule has 0 atom stereocenters. The topological polar surface area (TPSA) is 55.4 Å². The van der Waals surface area contributed by atoms with Crippen molar-refractivity contribution in [3.8, 4) is 0 Å². The third-order valence-electron chi connectivity index (χ3n) is 3.46. The molecule has 0 unspecified atom stereocenters. The molecule has 0 aliphatic rings. The first kappa shape index (κ1) is 18.1. The summed E-state index contributed by atoms with van der Waals surface area (Å²) < 4.78 is 32.5. The first-order valence-electron chi connectivity index (χ1n) is 7.45. The van der Waals surface area contributed by atoms with E-state index in [4.69, 9.17) is 4.74 Å². The van der Waals surface area contributed by atoms with Gasteiger partial charge in [-0.25, -0.2) is 13.6 Å². The number of thiophene rings is 1. The molecule has 24 heavy (non-hydrogen) atoms. The fourth-order valence-corrected chi connectivity index (χ4v) is 3.52. The second-order valence-electron chi connectivity index (χ2n) is 4.97. The van der Waals surface area contributed by atoms with Crippen LogP contribution in [0, 0.1) is 18.6 Å². The molecule has 4 nitrogen and oxygen atoms in total. The largest absolute Gasteiger partial charge is 0.462 e. The first-order valence-corrected chi connectivity index (χ1v) is 8.27. The zero-order chi connectivity index (χ0) is 17.9. The Morgan fingerprint density at radius 3 is 2.33 bits per heavy atom. The Morgan fingerprint density at radius 1 is 1.17 bits per heavy atom. The standard InChI is InChI=1S/C17H17F2NO3S/c1-4-10-9(3)24-16(13(10)17(22)23-5-2)20-15(21)14-11(18)7-6-8-12(14)19/h6-8H,4-5H2,1-3H3,(H,20,21). The maximum Gasteiger partial charge on any atom is 0.341 e. The highest BCUT2D eigenvalue weighted by Crippen LogP contribution is 2.34. The monoisotopic (exact) mass is 353 g/mol. The molecule has 0 bridgehead atoms. The van der Waals surface area contributed by atoms with Gasteiger partial charge in [0, 0.05) is 4.88 Å². The van der Waals surface area contributed by atoms with Crippen molar-refractivity contribution >= 4 is 28.2 Å². The lowest BCUT2D eigenvalue weighted by atomic mass is 10.1. The van der Waals surface area contributed by atoms with Gasteiger partial charge in [0.1, 0.15) is 22.2 Å². The minimum atomic E-state index is -0.964. The number of hydrogen-bond donors (Lipinski definition) is 1. The lowest BCUT2D eigenvalue weighted by Crippen LogP contribution is -2.17. The van der Waals surface area contributed by atoms with Crippen molar-refractivity contribution in [3.05, 3.63) is 51.4 Å². The lowest BCUT2D eigenvalue weighted by Gasteiger charge is -2.09. The molecule has 1 N–H and O–H groups in total. The molecule has 1 amide bonds. The van der Waals surface area contributed by atoms with Gasteiger partial charge in [0.15, 0.2) is 0 Å². The lowest BCUT2D eigenvalue weighted by molar-refractivity contribution is 0.0527. The number of aryl methyl sites for hydroxylation is 1. The molecule has 1 aromatic carbocycles. The van der Waals surface area contributed by atoms with Crippen molar-refractivity contribution in [2.75, 3.05) is 11.9 Å². The normalized spacial score (nSPS) is 10.5. The van der Waals surface area contributed by atoms with Gasteiger partial charge in [0.05, 0.1) is 12.2 Å². The summed E-state index contributed by atoms with van der Waals surface area (Å²) >= 11 is 1.18. The van der Waals surface area contributed by atoms with Gasteiger partial charge in [-0.3, -0.25) is 4.79 Å². The van der Waals surface area contributed by atoms with Crippen LogP contribution in [-0.4, -0.2) is 18.5 Å². The highest BCUT2D eigenvalue weighted by molar-refractivity contribution is 7.16. The number of esters is 1. The van der Waals surface area contributed by atoms with Crippen LogP contribution >= 0.6 is 11.3 Å². The molecule has 0 radical (unpaired) electrons. The number of ether oxygens (including phenoxy) is 1. The van der Waals surface area contributed by atoms with Crippen LogP contribution < -0.4 is 5.32 Å². The van der Waals surface area contributed by atoms with Gasteiger partial charge in [-0.1, -0.05) is 13.0 Å². The molecule has 0 saturated heterocycles. The quantitative estimate of drug-likeness (QED) is 0.814. The van der Waals surface area contributed by atoms with Gasteiger partial charge in [-0.15, -0.1) is 11.3 Å². The maximum absolute atomic E-state index is 13.7. The SMILES string of the molecule is CCOC(=O)c1c(NC(=O)c2c(F)cccc2F)sc(C)c1CC. The van der Waals surface area contributed by atoms with Crippen LogP contribution in [0.5, 0.6) is 0 Å². The zero-order valence-corrected chi connectivity index (χ0v) is 14.4. The number of benzene rings is 1. The molecule has 128 valence electrons. The van der Waals surface area contributed by atoms with Crippen LogP contribution in [-0.2, 0) is 11.2 Å². The third-order valence-corrected chi connectivity index (χ3v) is 4.52. The van der Waals surface area contributed by atoms with Crippen molar-refractivity contribution in [1.29, 1.82) is 0 Å². The highest BCUT2D eigenvalue weighted by Gasteiger charge is 2.25. The van der Waals surface area contributed by atoms with Gasteiger partial charge in [0.2, 0.25) is 0 Å². The summed E-state index contributed by atoms with van der Waals surface area (Å²) in [6.07, 6.45) is 0.570. The van der Waals surface area contributed by atoms with E-state index in [2.05, 4.69) is 5.32 Å². The molecule has 0 spiro atoms. The number of rotatable bonds is 5. The fourth-order valence-electron chi connectivity index (χ4n) is 2.39. The number of carbonyl (C=O) groups excluding carboxylic acids is 2. The Morgan fingerprint density at radius 2 is 1.79 bits per heavy atom. The third kappa shape index (κ3) is 3.46. The fraction of sp³-hybridized carbons (Fsp3) is 0.294. The van der Waals surface area contributed by atoms with E-state index in [0.717, 1.165) is 22.6 Å². The predicted octanol–water partition coefficient (Wildman–Crippen LogP) is 4.33. The van der Waals surface area contributed by atoms with Crippen LogP contribution in [0.4, 0.5) is 13.8 Å². The molecule has 0 aliphatic carbocycles. The van der Waals surface area contributed by atoms with E-state index in [9.17, 15) is 18.4 Å². The minimum absolute atomic E-state index is 0.187. The van der Waals surface area contributed by atoms with Gasteiger partial charge < -0.3 is 10.1 Å². The molecule has 1 heterocycles. The van der Waals surface area contributed by atoms with E-state index in [0.29, 0.717) is 6.42 Å². The predicted molar refractivity (Wildman–Crippen MR) is 88.7 cm³/mol. The molecule has 2 aromatic rings. The Labute approximate surface area is 142 Å². The summed E-state index contributed by atoms with van der Waals surface area (Å²) in [4.78, 5) is 25.3. The van der Waals surface area contributed by atoms with E-state index in [1.54, 1.807) is 6.92 Å². The molecule has 0 saturated carbocycles. The van der Waals surface area contributed by atoms with Crippen LogP contribution in [0.25, 0.3) is 0 Å². The number of hydrogen-bond acceptors (Lipinski definition) is 4. The van der Waals surface area contributed by atoms with Crippen molar-refractivity contribution in [3.63, 3.8) is 0 Å². The summed E-state index contributed by atoms with van der Waals surface area (Å²) in [6, 6.07) is 3.18. The highest BCUT2D eigenvalue weighted by atomic mass is 32.1. The first-order chi connectivity index (χ1) is 11.4. The molecule has 0 fully saturated rings. The van der Waals surface area contributed by atoms with Crippen molar-refractivity contribution in [2.24, 2.45) is 0 Å². The van der Waals surface area contributed by atoms with E-state index in [1.807, 2.05) is 13.8 Å². The van der Waals surface area contributed by atoms with E-state index >= 15 is 0 Å². The molecule has 1 aromatic heterocycles.